The number of anilines is 1. The summed E-state index contributed by atoms with van der Waals surface area (Å²) in [6.07, 6.45) is 1.37. The summed E-state index contributed by atoms with van der Waals surface area (Å²) < 4.78 is 12.4. The number of rotatable bonds is 3. The molecule has 0 unspecified atom stereocenters. The quantitative estimate of drug-likeness (QED) is 0.770. The van der Waals surface area contributed by atoms with E-state index in [0.29, 0.717) is 5.82 Å². The Labute approximate surface area is 146 Å². The average Bonchev–Trinajstić information content (AvgIpc) is 2.96. The fourth-order valence-electron chi connectivity index (χ4n) is 2.50. The van der Waals surface area contributed by atoms with Crippen molar-refractivity contribution >= 4 is 17.4 Å². The molecule has 0 aliphatic carbocycles. The highest BCUT2D eigenvalue weighted by atomic mass is 16.6. The summed E-state index contributed by atoms with van der Waals surface area (Å²) in [5.41, 5.74) is 2.32. The number of fused-ring (bicyclic) bond motifs is 1. The molecule has 0 saturated heterocycles. The minimum atomic E-state index is -0.557. The summed E-state index contributed by atoms with van der Waals surface area (Å²) in [4.78, 5) is 11.9. The molecule has 6 heteroatoms. The van der Waals surface area contributed by atoms with E-state index in [-0.39, 0.29) is 0 Å². The Bertz CT molecular complexity index is 910. The minimum Gasteiger partial charge on any atom is -0.496 e. The summed E-state index contributed by atoms with van der Waals surface area (Å²) in [6, 6.07) is 13.4. The van der Waals surface area contributed by atoms with Crippen LogP contribution in [-0.2, 0) is 4.74 Å². The van der Waals surface area contributed by atoms with Crippen LogP contribution in [0, 0.1) is 0 Å². The lowest BCUT2D eigenvalue weighted by Gasteiger charge is -2.19. The maximum Gasteiger partial charge on any atom is 0.413 e. The van der Waals surface area contributed by atoms with Crippen LogP contribution in [0.5, 0.6) is 5.75 Å². The fraction of sp³-hybridized carbons (Fsp3) is 0.263. The maximum atomic E-state index is 11.9. The molecular formula is C19H21N3O3. The minimum absolute atomic E-state index is 0.420. The van der Waals surface area contributed by atoms with E-state index < -0.39 is 11.7 Å². The van der Waals surface area contributed by atoms with E-state index in [4.69, 9.17) is 9.47 Å². The first-order valence-corrected chi connectivity index (χ1v) is 7.98. The zero-order chi connectivity index (χ0) is 18.0. The Morgan fingerprint density at radius 2 is 1.92 bits per heavy atom. The highest BCUT2D eigenvalue weighted by Crippen LogP contribution is 2.31. The Morgan fingerprint density at radius 1 is 1.16 bits per heavy atom. The van der Waals surface area contributed by atoms with Crippen molar-refractivity contribution in [1.82, 2.24) is 9.61 Å². The van der Waals surface area contributed by atoms with Gasteiger partial charge in [-0.3, -0.25) is 5.32 Å². The molecule has 1 aromatic carbocycles. The smallest absolute Gasteiger partial charge is 0.413 e. The van der Waals surface area contributed by atoms with E-state index in [0.717, 1.165) is 22.4 Å². The molecule has 0 aliphatic heterocycles. The lowest BCUT2D eigenvalue weighted by atomic mass is 10.1. The van der Waals surface area contributed by atoms with E-state index >= 15 is 0 Å². The number of hydrogen-bond acceptors (Lipinski definition) is 4. The number of nitrogens with one attached hydrogen (secondary N) is 1. The Kier molecular flexibility index (Phi) is 4.35. The second-order valence-corrected chi connectivity index (χ2v) is 6.64. The first kappa shape index (κ1) is 16.8. The molecule has 2 heterocycles. The second kappa shape index (κ2) is 6.47. The first-order chi connectivity index (χ1) is 11.9. The molecule has 25 heavy (non-hydrogen) atoms. The number of nitrogens with zero attached hydrogens (tertiary/aromatic N) is 2. The summed E-state index contributed by atoms with van der Waals surface area (Å²) in [7, 11) is 1.65. The molecule has 1 amide bonds. The first-order valence-electron chi connectivity index (χ1n) is 7.98. The van der Waals surface area contributed by atoms with Crippen molar-refractivity contribution in [3.63, 3.8) is 0 Å². The van der Waals surface area contributed by atoms with Gasteiger partial charge in [0.1, 0.15) is 11.4 Å². The maximum absolute atomic E-state index is 11.9. The molecule has 0 radical (unpaired) electrons. The van der Waals surface area contributed by atoms with Gasteiger partial charge < -0.3 is 9.47 Å². The van der Waals surface area contributed by atoms with Crippen LogP contribution >= 0.6 is 0 Å². The normalized spacial score (nSPS) is 11.4. The predicted octanol–water partition coefficient (Wildman–Crippen LogP) is 4.36. The van der Waals surface area contributed by atoms with Crippen molar-refractivity contribution in [3.05, 3.63) is 48.7 Å². The Hall–Kier alpha value is -3.02. The van der Waals surface area contributed by atoms with Gasteiger partial charge in [-0.1, -0.05) is 18.2 Å². The van der Waals surface area contributed by atoms with Crippen molar-refractivity contribution in [2.45, 2.75) is 26.4 Å². The Morgan fingerprint density at radius 3 is 2.64 bits per heavy atom. The highest BCUT2D eigenvalue weighted by molar-refractivity contribution is 5.84. The molecule has 0 saturated carbocycles. The molecule has 0 atom stereocenters. The fourth-order valence-corrected chi connectivity index (χ4v) is 2.50. The molecule has 0 spiro atoms. The van der Waals surface area contributed by atoms with Crippen LogP contribution < -0.4 is 10.1 Å². The van der Waals surface area contributed by atoms with Crippen LogP contribution in [0.1, 0.15) is 20.8 Å². The van der Waals surface area contributed by atoms with E-state index in [9.17, 15) is 4.79 Å². The number of amides is 1. The summed E-state index contributed by atoms with van der Waals surface area (Å²) in [5, 5.41) is 7.06. The van der Waals surface area contributed by atoms with E-state index in [2.05, 4.69) is 10.4 Å². The van der Waals surface area contributed by atoms with Crippen LogP contribution in [0.15, 0.2) is 48.7 Å². The lowest BCUT2D eigenvalue weighted by Crippen LogP contribution is -2.27. The van der Waals surface area contributed by atoms with Gasteiger partial charge in [0.2, 0.25) is 0 Å². The van der Waals surface area contributed by atoms with Crippen molar-refractivity contribution in [2.75, 3.05) is 12.4 Å². The van der Waals surface area contributed by atoms with Crippen molar-refractivity contribution in [2.24, 2.45) is 0 Å². The third-order valence-electron chi connectivity index (χ3n) is 3.50. The van der Waals surface area contributed by atoms with Crippen LogP contribution in [0.25, 0.3) is 16.6 Å². The summed E-state index contributed by atoms with van der Waals surface area (Å²) >= 11 is 0. The number of hydrogen-bond donors (Lipinski definition) is 1. The van der Waals surface area contributed by atoms with Gasteiger partial charge in [-0.05, 0) is 45.0 Å². The molecule has 0 aliphatic rings. The summed E-state index contributed by atoms with van der Waals surface area (Å²) in [5.74, 6) is 1.22. The molecule has 1 N–H and O–H groups in total. The van der Waals surface area contributed by atoms with Crippen molar-refractivity contribution in [1.29, 1.82) is 0 Å². The number of carbonyl (C=O) groups excluding carboxylic acids is 1. The molecular weight excluding hydrogens is 318 g/mol. The van der Waals surface area contributed by atoms with Crippen molar-refractivity contribution in [3.8, 4) is 16.9 Å². The van der Waals surface area contributed by atoms with Crippen LogP contribution in [-0.4, -0.2) is 28.4 Å². The monoisotopic (exact) mass is 339 g/mol. The van der Waals surface area contributed by atoms with E-state index in [1.165, 1.54) is 0 Å². The average molecular weight is 339 g/mol. The van der Waals surface area contributed by atoms with Gasteiger partial charge in [0.25, 0.3) is 0 Å². The number of carbonyl (C=O) groups is 1. The van der Waals surface area contributed by atoms with Crippen molar-refractivity contribution < 1.29 is 14.3 Å². The number of ether oxygens (including phenoxy) is 2. The topological polar surface area (TPSA) is 64.9 Å². The largest absolute Gasteiger partial charge is 0.496 e. The summed E-state index contributed by atoms with van der Waals surface area (Å²) in [6.45, 7) is 5.44. The number of benzene rings is 1. The van der Waals surface area contributed by atoms with Crippen LogP contribution in [0.4, 0.5) is 10.6 Å². The van der Waals surface area contributed by atoms with Gasteiger partial charge in [-0.2, -0.15) is 0 Å². The molecule has 3 rings (SSSR count). The zero-order valence-electron chi connectivity index (χ0n) is 14.7. The SMILES string of the molecule is COc1ccccc1-c1cc2ccc(NC(=O)OC(C)(C)C)nn2c1. The molecule has 6 nitrogen and oxygen atoms in total. The molecule has 3 aromatic rings. The van der Waals surface area contributed by atoms with Crippen LogP contribution in [0.2, 0.25) is 0 Å². The molecule has 0 fully saturated rings. The molecule has 130 valence electrons. The predicted molar refractivity (Wildman–Crippen MR) is 97.0 cm³/mol. The van der Waals surface area contributed by atoms with Gasteiger partial charge in [0.05, 0.1) is 12.6 Å². The second-order valence-electron chi connectivity index (χ2n) is 6.64. The standard InChI is InChI=1S/C19H21N3O3/c1-19(2,3)25-18(23)20-17-10-9-14-11-13(12-22(14)21-17)15-7-5-6-8-16(15)24-4/h5-12H,1-4H3,(H,20,21,23). The third kappa shape index (κ3) is 3.91. The number of methoxy groups -OCH3 is 1. The van der Waals surface area contributed by atoms with Gasteiger partial charge >= 0.3 is 6.09 Å². The zero-order valence-corrected chi connectivity index (χ0v) is 14.7. The molecule has 2 aromatic heterocycles. The number of para-hydroxylation sites is 1. The highest BCUT2D eigenvalue weighted by Gasteiger charge is 2.17. The van der Waals surface area contributed by atoms with Gasteiger partial charge in [-0.25, -0.2) is 9.31 Å². The lowest BCUT2D eigenvalue weighted by molar-refractivity contribution is 0.0635. The van der Waals surface area contributed by atoms with Gasteiger partial charge in [0.15, 0.2) is 5.82 Å². The van der Waals surface area contributed by atoms with Gasteiger partial charge in [-0.15, -0.1) is 5.10 Å². The Balaban J connectivity index is 1.88. The molecule has 0 bridgehead atoms. The van der Waals surface area contributed by atoms with Crippen LogP contribution in [0.3, 0.4) is 0 Å². The van der Waals surface area contributed by atoms with E-state index in [1.54, 1.807) is 17.7 Å². The van der Waals surface area contributed by atoms with Gasteiger partial charge in [0, 0.05) is 17.3 Å². The van der Waals surface area contributed by atoms with E-state index in [1.807, 2.05) is 63.4 Å². The third-order valence-corrected chi connectivity index (χ3v) is 3.50. The number of aromatic nitrogens is 2.